The Labute approximate surface area is 188 Å². The number of nitrogens with zero attached hydrogens (tertiary/aromatic N) is 1. The predicted molar refractivity (Wildman–Crippen MR) is 118 cm³/mol. The molecule has 0 saturated carbocycles. The Kier molecular flexibility index (Phi) is 5.75. The number of rotatable bonds is 5. The smallest absolute Gasteiger partial charge is 0.315 e. The number of esters is 1. The van der Waals surface area contributed by atoms with E-state index < -0.39 is 10.9 Å². The molecule has 8 heteroatoms. The third-order valence-corrected chi connectivity index (χ3v) is 5.15. The van der Waals surface area contributed by atoms with Crippen LogP contribution in [0.15, 0.2) is 66.4 Å². The van der Waals surface area contributed by atoms with Crippen LogP contribution in [0.4, 0.5) is 5.69 Å². The molecule has 1 heterocycles. The van der Waals surface area contributed by atoms with E-state index in [0.29, 0.717) is 27.5 Å². The zero-order chi connectivity index (χ0) is 22.8. The average Bonchev–Trinajstić information content (AvgIpc) is 3.08. The van der Waals surface area contributed by atoms with E-state index in [-0.39, 0.29) is 29.4 Å². The molecule has 0 fully saturated rings. The number of non-ortho nitro benzene ring substituents is 1. The second kappa shape index (κ2) is 8.64. The van der Waals surface area contributed by atoms with Gasteiger partial charge in [0, 0.05) is 22.7 Å². The van der Waals surface area contributed by atoms with Crippen LogP contribution in [0.1, 0.15) is 27.0 Å². The molecule has 4 rings (SSSR count). The first-order chi connectivity index (χ1) is 15.3. The first-order valence-corrected chi connectivity index (χ1v) is 9.97. The van der Waals surface area contributed by atoms with Gasteiger partial charge in [-0.05, 0) is 48.4 Å². The topological polar surface area (TPSA) is 95.7 Å². The molecule has 3 aromatic rings. The number of allylic oxidation sites excluding steroid dienone is 1. The van der Waals surface area contributed by atoms with Crippen molar-refractivity contribution in [3.05, 3.63) is 104 Å². The number of hydrogen-bond acceptors (Lipinski definition) is 6. The van der Waals surface area contributed by atoms with E-state index in [1.807, 2.05) is 0 Å². The molecule has 1 aliphatic heterocycles. The number of carbonyl (C=O) groups excluding carboxylic acids is 2. The maximum Gasteiger partial charge on any atom is 0.315 e. The second-order valence-electron chi connectivity index (χ2n) is 7.13. The first kappa shape index (κ1) is 21.3. The van der Waals surface area contributed by atoms with Crippen LogP contribution in [0, 0.1) is 17.0 Å². The van der Waals surface area contributed by atoms with Gasteiger partial charge in [0.15, 0.2) is 5.76 Å². The number of fused-ring (bicyclic) bond motifs is 1. The number of halogens is 1. The first-order valence-electron chi connectivity index (χ1n) is 9.59. The molecule has 7 nitrogen and oxygen atoms in total. The summed E-state index contributed by atoms with van der Waals surface area (Å²) in [6.45, 7) is 1.69. The summed E-state index contributed by atoms with van der Waals surface area (Å²) in [4.78, 5) is 35.5. The molecule has 0 spiro atoms. The molecule has 0 radical (unpaired) electrons. The van der Waals surface area contributed by atoms with Crippen molar-refractivity contribution in [2.24, 2.45) is 0 Å². The Morgan fingerprint density at radius 3 is 2.62 bits per heavy atom. The molecule has 160 valence electrons. The van der Waals surface area contributed by atoms with Crippen LogP contribution in [0.3, 0.4) is 0 Å². The number of carbonyl (C=O) groups is 2. The van der Waals surface area contributed by atoms with Crippen LogP contribution < -0.4 is 9.47 Å². The quantitative estimate of drug-likeness (QED) is 0.172. The van der Waals surface area contributed by atoms with Gasteiger partial charge in [-0.15, -0.1) is 0 Å². The molecule has 1 aliphatic rings. The van der Waals surface area contributed by atoms with Crippen molar-refractivity contribution in [2.75, 3.05) is 0 Å². The van der Waals surface area contributed by atoms with E-state index in [1.165, 1.54) is 30.3 Å². The molecule has 0 N–H and O–H groups in total. The summed E-state index contributed by atoms with van der Waals surface area (Å²) in [6.07, 6.45) is 1.51. The van der Waals surface area contributed by atoms with Gasteiger partial charge in [0.1, 0.15) is 11.5 Å². The minimum absolute atomic E-state index is 0.0354. The van der Waals surface area contributed by atoms with E-state index in [2.05, 4.69) is 0 Å². The van der Waals surface area contributed by atoms with Gasteiger partial charge in [-0.1, -0.05) is 35.9 Å². The van der Waals surface area contributed by atoms with Crippen molar-refractivity contribution in [1.29, 1.82) is 0 Å². The lowest BCUT2D eigenvalue weighted by molar-refractivity contribution is -0.384. The van der Waals surface area contributed by atoms with Crippen LogP contribution in [-0.2, 0) is 11.2 Å². The fourth-order valence-corrected chi connectivity index (χ4v) is 3.41. The van der Waals surface area contributed by atoms with Crippen molar-refractivity contribution in [3.63, 3.8) is 0 Å². The summed E-state index contributed by atoms with van der Waals surface area (Å²) in [7, 11) is 0. The maximum atomic E-state index is 12.7. The van der Waals surface area contributed by atoms with E-state index in [9.17, 15) is 19.7 Å². The summed E-state index contributed by atoms with van der Waals surface area (Å²) < 4.78 is 11.2. The van der Waals surface area contributed by atoms with Gasteiger partial charge in [0.05, 0.1) is 16.9 Å². The minimum atomic E-state index is -0.511. The van der Waals surface area contributed by atoms with Gasteiger partial charge < -0.3 is 9.47 Å². The van der Waals surface area contributed by atoms with Crippen LogP contribution in [0.25, 0.3) is 6.08 Å². The largest absolute Gasteiger partial charge is 0.452 e. The van der Waals surface area contributed by atoms with Gasteiger partial charge in [-0.25, -0.2) is 0 Å². The molecule has 0 aromatic heterocycles. The van der Waals surface area contributed by atoms with E-state index >= 15 is 0 Å². The van der Waals surface area contributed by atoms with Crippen LogP contribution in [0.2, 0.25) is 5.02 Å². The van der Waals surface area contributed by atoms with Crippen molar-refractivity contribution in [1.82, 2.24) is 0 Å². The number of ketones is 1. The lowest BCUT2D eigenvalue weighted by atomic mass is 10.1. The average molecular weight is 450 g/mol. The highest BCUT2D eigenvalue weighted by atomic mass is 35.5. The van der Waals surface area contributed by atoms with Gasteiger partial charge in [0.25, 0.3) is 5.69 Å². The van der Waals surface area contributed by atoms with E-state index in [4.69, 9.17) is 21.1 Å². The Hall–Kier alpha value is -3.97. The Morgan fingerprint density at radius 2 is 1.91 bits per heavy atom. The molecule has 0 unspecified atom stereocenters. The number of Topliss-reactive ketones (excluding diaryl/α,β-unsaturated/α-hetero) is 1. The van der Waals surface area contributed by atoms with Crippen molar-refractivity contribution < 1.29 is 24.0 Å². The fourth-order valence-electron chi connectivity index (χ4n) is 3.29. The molecule has 3 aromatic carbocycles. The number of hydrogen-bond donors (Lipinski definition) is 0. The van der Waals surface area contributed by atoms with Gasteiger partial charge >= 0.3 is 5.97 Å². The predicted octanol–water partition coefficient (Wildman–Crippen LogP) is 5.32. The minimum Gasteiger partial charge on any atom is -0.452 e. The summed E-state index contributed by atoms with van der Waals surface area (Å²) in [5.74, 6) is -0.204. The monoisotopic (exact) mass is 449 g/mol. The molecule has 32 heavy (non-hydrogen) atoms. The zero-order valence-corrected chi connectivity index (χ0v) is 17.6. The highest BCUT2D eigenvalue weighted by molar-refractivity contribution is 6.30. The highest BCUT2D eigenvalue weighted by Crippen LogP contribution is 2.39. The number of ether oxygens (including phenoxy) is 2. The van der Waals surface area contributed by atoms with E-state index in [1.54, 1.807) is 43.3 Å². The summed E-state index contributed by atoms with van der Waals surface area (Å²) >= 11 is 5.86. The zero-order valence-electron chi connectivity index (χ0n) is 16.8. The van der Waals surface area contributed by atoms with Crippen molar-refractivity contribution >= 4 is 35.1 Å². The van der Waals surface area contributed by atoms with Gasteiger partial charge in [-0.3, -0.25) is 19.7 Å². The Morgan fingerprint density at radius 1 is 1.16 bits per heavy atom. The molecule has 0 saturated heterocycles. The summed E-state index contributed by atoms with van der Waals surface area (Å²) in [5, 5.41) is 11.5. The third-order valence-electron chi connectivity index (χ3n) is 4.90. The summed E-state index contributed by atoms with van der Waals surface area (Å²) in [5.41, 5.74) is 1.96. The fraction of sp³-hybridized carbons (Fsp3) is 0.0833. The molecular weight excluding hydrogens is 434 g/mol. The number of nitro benzene ring substituents is 1. The number of benzene rings is 3. The van der Waals surface area contributed by atoms with Gasteiger partial charge in [-0.2, -0.15) is 0 Å². The summed E-state index contributed by atoms with van der Waals surface area (Å²) in [6, 6.07) is 15.8. The van der Waals surface area contributed by atoms with Gasteiger partial charge in [0.2, 0.25) is 5.78 Å². The van der Waals surface area contributed by atoms with Crippen molar-refractivity contribution in [2.45, 2.75) is 13.3 Å². The standard InChI is InChI=1S/C24H16ClNO6/c1-14-20(31-22(27)13-15-5-7-17(25)8-6-15)10-9-19-23(28)21(32-24(14)19)12-16-3-2-4-18(11-16)26(29)30/h2-12H,13H2,1H3/b21-12-. The van der Waals surface area contributed by atoms with Crippen LogP contribution >= 0.6 is 11.6 Å². The van der Waals surface area contributed by atoms with Crippen molar-refractivity contribution in [3.8, 4) is 11.5 Å². The molecule has 0 atom stereocenters. The normalized spacial score (nSPS) is 13.6. The Bertz CT molecular complexity index is 1280. The van der Waals surface area contributed by atoms with E-state index in [0.717, 1.165) is 5.56 Å². The third kappa shape index (κ3) is 4.38. The lowest BCUT2D eigenvalue weighted by Gasteiger charge is -2.10. The van der Waals surface area contributed by atoms with Crippen LogP contribution in [0.5, 0.6) is 11.5 Å². The molecular formula is C24H16ClNO6. The molecule has 0 amide bonds. The SMILES string of the molecule is Cc1c(OC(=O)Cc2ccc(Cl)cc2)ccc2c1O/C(=C\c1cccc([N+](=O)[O-])c1)C2=O. The number of nitro groups is 1. The lowest BCUT2D eigenvalue weighted by Crippen LogP contribution is -2.12. The molecule has 0 aliphatic carbocycles. The highest BCUT2D eigenvalue weighted by Gasteiger charge is 2.30. The molecule has 0 bridgehead atoms. The maximum absolute atomic E-state index is 12.7. The van der Waals surface area contributed by atoms with Crippen LogP contribution in [-0.4, -0.2) is 16.7 Å². The Balaban J connectivity index is 1.54. The second-order valence-corrected chi connectivity index (χ2v) is 7.57.